The molecule has 2 fully saturated rings. The van der Waals surface area contributed by atoms with E-state index in [-0.39, 0.29) is 17.3 Å². The zero-order valence-corrected chi connectivity index (χ0v) is 21.9. The Labute approximate surface area is 218 Å². The largest absolute Gasteiger partial charge is 0.336 e. The molecule has 3 N–H and O–H groups in total. The second kappa shape index (κ2) is 11.2. The number of benzene rings is 2. The summed E-state index contributed by atoms with van der Waals surface area (Å²) in [5.41, 5.74) is 7.84. The number of piperazine rings is 1. The molecule has 37 heavy (non-hydrogen) atoms. The molecule has 1 amide bonds. The molecule has 0 unspecified atom stereocenters. The van der Waals surface area contributed by atoms with Crippen molar-refractivity contribution < 1.29 is 13.2 Å². The number of fused-ring (bicyclic) bond motifs is 1. The number of sulfonamides is 1. The van der Waals surface area contributed by atoms with Crippen molar-refractivity contribution in [2.24, 2.45) is 11.7 Å². The van der Waals surface area contributed by atoms with Crippen LogP contribution in [0.2, 0.25) is 0 Å². The van der Waals surface area contributed by atoms with Crippen LogP contribution in [-0.2, 0) is 16.6 Å². The van der Waals surface area contributed by atoms with Gasteiger partial charge in [0.15, 0.2) is 0 Å². The van der Waals surface area contributed by atoms with Gasteiger partial charge in [-0.25, -0.2) is 8.42 Å². The summed E-state index contributed by atoms with van der Waals surface area (Å²) in [6.45, 7) is 4.42. The molecular formula is C28H35N5O3S. The van der Waals surface area contributed by atoms with E-state index >= 15 is 0 Å². The first-order valence-corrected chi connectivity index (χ1v) is 14.6. The van der Waals surface area contributed by atoms with Crippen molar-refractivity contribution in [1.82, 2.24) is 14.8 Å². The number of hydrogen-bond acceptors (Lipinski definition) is 6. The molecule has 196 valence electrons. The van der Waals surface area contributed by atoms with E-state index in [1.807, 2.05) is 17.0 Å². The minimum absolute atomic E-state index is 0.0420. The second-order valence-corrected chi connectivity index (χ2v) is 11.8. The molecule has 1 saturated carbocycles. The van der Waals surface area contributed by atoms with Crippen LogP contribution in [0, 0.1) is 5.92 Å². The van der Waals surface area contributed by atoms with Gasteiger partial charge in [0.25, 0.3) is 15.9 Å². The molecule has 3 aromatic rings. The average molecular weight is 522 g/mol. The Hall–Kier alpha value is -3.01. The van der Waals surface area contributed by atoms with Gasteiger partial charge < -0.3 is 10.6 Å². The van der Waals surface area contributed by atoms with Gasteiger partial charge in [0, 0.05) is 56.4 Å². The van der Waals surface area contributed by atoms with Crippen molar-refractivity contribution in [1.29, 1.82) is 0 Å². The Morgan fingerprint density at radius 2 is 1.76 bits per heavy atom. The quantitative estimate of drug-likeness (QED) is 0.489. The van der Waals surface area contributed by atoms with Gasteiger partial charge in [0.2, 0.25) is 0 Å². The van der Waals surface area contributed by atoms with E-state index in [1.54, 1.807) is 36.5 Å². The van der Waals surface area contributed by atoms with Crippen LogP contribution in [0.5, 0.6) is 0 Å². The molecule has 1 aromatic heterocycles. The van der Waals surface area contributed by atoms with Crippen LogP contribution in [0.25, 0.3) is 10.9 Å². The van der Waals surface area contributed by atoms with Crippen LogP contribution < -0.4 is 10.5 Å². The highest BCUT2D eigenvalue weighted by Crippen LogP contribution is 2.27. The third-order valence-electron chi connectivity index (χ3n) is 7.60. The molecule has 2 heterocycles. The van der Waals surface area contributed by atoms with E-state index in [0.717, 1.165) is 30.9 Å². The molecule has 1 aliphatic heterocycles. The van der Waals surface area contributed by atoms with E-state index in [0.29, 0.717) is 35.4 Å². The summed E-state index contributed by atoms with van der Waals surface area (Å²) < 4.78 is 29.2. The van der Waals surface area contributed by atoms with Crippen molar-refractivity contribution in [2.75, 3.05) is 37.4 Å². The number of pyridine rings is 1. The SMILES string of the molecule is NCc1cc(C(=O)N2CCN(CC3CCCCC3)CC2)ccc1NS(=O)(=O)c1cccc2cccnc12. The number of hydrogen-bond donors (Lipinski definition) is 2. The lowest BCUT2D eigenvalue weighted by atomic mass is 9.89. The number of aromatic nitrogens is 1. The van der Waals surface area contributed by atoms with Gasteiger partial charge in [-0.15, -0.1) is 0 Å². The number of amides is 1. The van der Waals surface area contributed by atoms with Crippen LogP contribution >= 0.6 is 0 Å². The van der Waals surface area contributed by atoms with E-state index in [2.05, 4.69) is 14.6 Å². The molecule has 5 rings (SSSR count). The number of nitrogens with two attached hydrogens (primary N) is 1. The predicted molar refractivity (Wildman–Crippen MR) is 146 cm³/mol. The summed E-state index contributed by atoms with van der Waals surface area (Å²) in [6, 6.07) is 13.7. The van der Waals surface area contributed by atoms with Gasteiger partial charge in [-0.2, -0.15) is 0 Å². The molecule has 1 saturated heterocycles. The maximum atomic E-state index is 13.3. The van der Waals surface area contributed by atoms with Crippen molar-refractivity contribution in [3.05, 3.63) is 65.9 Å². The molecule has 2 aromatic carbocycles. The lowest BCUT2D eigenvalue weighted by molar-refractivity contribution is 0.0606. The van der Waals surface area contributed by atoms with Gasteiger partial charge in [0.1, 0.15) is 4.90 Å². The molecule has 9 heteroatoms. The molecule has 0 atom stereocenters. The van der Waals surface area contributed by atoms with Crippen molar-refractivity contribution in [2.45, 2.75) is 43.5 Å². The minimum Gasteiger partial charge on any atom is -0.336 e. The first-order valence-electron chi connectivity index (χ1n) is 13.2. The average Bonchev–Trinajstić information content (AvgIpc) is 2.93. The van der Waals surface area contributed by atoms with Crippen molar-refractivity contribution >= 4 is 32.5 Å². The predicted octanol–water partition coefficient (Wildman–Crippen LogP) is 3.83. The first kappa shape index (κ1) is 25.6. The van der Waals surface area contributed by atoms with Crippen LogP contribution in [-0.4, -0.2) is 61.8 Å². The van der Waals surface area contributed by atoms with E-state index < -0.39 is 10.0 Å². The second-order valence-electron chi connectivity index (χ2n) is 10.1. The van der Waals surface area contributed by atoms with Gasteiger partial charge in [0.05, 0.1) is 11.2 Å². The Balaban J connectivity index is 1.27. The minimum atomic E-state index is -3.91. The van der Waals surface area contributed by atoms with Gasteiger partial charge in [-0.1, -0.05) is 37.5 Å². The zero-order chi connectivity index (χ0) is 25.8. The van der Waals surface area contributed by atoms with Crippen molar-refractivity contribution in [3.63, 3.8) is 0 Å². The highest BCUT2D eigenvalue weighted by Gasteiger charge is 2.26. The highest BCUT2D eigenvalue weighted by atomic mass is 32.2. The third-order valence-corrected chi connectivity index (χ3v) is 9.00. The number of anilines is 1. The Morgan fingerprint density at radius 3 is 2.51 bits per heavy atom. The monoisotopic (exact) mass is 521 g/mol. The molecule has 0 radical (unpaired) electrons. The number of para-hydroxylation sites is 1. The van der Waals surface area contributed by atoms with Gasteiger partial charge in [-0.3, -0.25) is 19.4 Å². The Bertz CT molecular complexity index is 1360. The van der Waals surface area contributed by atoms with Gasteiger partial charge >= 0.3 is 0 Å². The number of nitrogens with one attached hydrogen (secondary N) is 1. The van der Waals surface area contributed by atoms with Crippen LogP contribution in [0.3, 0.4) is 0 Å². The fraction of sp³-hybridized carbons (Fsp3) is 0.429. The Kier molecular flexibility index (Phi) is 7.73. The van der Waals surface area contributed by atoms with Gasteiger partial charge in [-0.05, 0) is 54.7 Å². The van der Waals surface area contributed by atoms with Crippen LogP contribution in [0.4, 0.5) is 5.69 Å². The first-order chi connectivity index (χ1) is 17.9. The summed E-state index contributed by atoms with van der Waals surface area (Å²) in [4.78, 5) is 22.0. The number of carbonyl (C=O) groups is 1. The fourth-order valence-corrected chi connectivity index (χ4v) is 6.82. The third kappa shape index (κ3) is 5.79. The smallest absolute Gasteiger partial charge is 0.264 e. The normalized spacial score (nSPS) is 17.7. The number of nitrogens with zero attached hydrogens (tertiary/aromatic N) is 3. The van der Waals surface area contributed by atoms with E-state index in [4.69, 9.17) is 5.73 Å². The van der Waals surface area contributed by atoms with Crippen LogP contribution in [0.1, 0.15) is 48.0 Å². The lowest BCUT2D eigenvalue weighted by Crippen LogP contribution is -2.49. The van der Waals surface area contributed by atoms with Crippen molar-refractivity contribution in [3.8, 4) is 0 Å². The lowest BCUT2D eigenvalue weighted by Gasteiger charge is -2.37. The maximum absolute atomic E-state index is 13.3. The summed E-state index contributed by atoms with van der Waals surface area (Å²) in [5, 5.41) is 0.740. The Morgan fingerprint density at radius 1 is 1.00 bits per heavy atom. The summed E-state index contributed by atoms with van der Waals surface area (Å²) >= 11 is 0. The summed E-state index contributed by atoms with van der Waals surface area (Å²) in [6.07, 6.45) is 8.28. The number of rotatable bonds is 7. The molecule has 2 aliphatic rings. The highest BCUT2D eigenvalue weighted by molar-refractivity contribution is 7.93. The summed E-state index contributed by atoms with van der Waals surface area (Å²) in [5.74, 6) is 0.753. The molecule has 8 nitrogen and oxygen atoms in total. The standard InChI is InChI=1S/C28H35N5O3S/c29-19-24-18-23(28(34)33-16-14-32(15-17-33)20-21-6-2-1-3-7-21)11-12-25(24)31-37(35,36)26-10-4-8-22-9-5-13-30-27(22)26/h4-5,8-13,18,21,31H,1-3,6-7,14-17,19-20,29H2. The molecule has 0 bridgehead atoms. The maximum Gasteiger partial charge on any atom is 0.264 e. The molecule has 1 aliphatic carbocycles. The fourth-order valence-electron chi connectivity index (χ4n) is 5.54. The van der Waals surface area contributed by atoms with E-state index in [1.165, 1.54) is 38.2 Å². The summed E-state index contributed by atoms with van der Waals surface area (Å²) in [7, 11) is -3.91. The van der Waals surface area contributed by atoms with Crippen LogP contribution in [0.15, 0.2) is 59.6 Å². The molecular weight excluding hydrogens is 486 g/mol. The topological polar surface area (TPSA) is 109 Å². The zero-order valence-electron chi connectivity index (χ0n) is 21.1. The molecule has 0 spiro atoms. The van der Waals surface area contributed by atoms with E-state index in [9.17, 15) is 13.2 Å². The number of carbonyl (C=O) groups excluding carboxylic acids is 1.